The number of aliphatic imine (C=N–C) groups is 1. The molecule has 0 aliphatic carbocycles. The first-order chi connectivity index (χ1) is 12.7. The van der Waals surface area contributed by atoms with Crippen LogP contribution in [0.4, 0.5) is 0 Å². The van der Waals surface area contributed by atoms with E-state index in [1.165, 1.54) is 25.7 Å². The van der Waals surface area contributed by atoms with Gasteiger partial charge >= 0.3 is 0 Å². The van der Waals surface area contributed by atoms with Crippen molar-refractivity contribution in [3.63, 3.8) is 0 Å². The second-order valence-corrected chi connectivity index (χ2v) is 6.52. The predicted octanol–water partition coefficient (Wildman–Crippen LogP) is 2.90. The summed E-state index contributed by atoms with van der Waals surface area (Å²) in [5.41, 5.74) is 0. The molecular formula is C19H32N6O. The monoisotopic (exact) mass is 360 g/mol. The quantitative estimate of drug-likeness (QED) is 0.476. The number of nitrogens with one attached hydrogen (secondary N) is 2. The van der Waals surface area contributed by atoms with Crippen molar-refractivity contribution in [3.8, 4) is 0 Å². The fraction of sp³-hybridized carbons (Fsp3) is 0.632. The number of aryl methyl sites for hydroxylation is 1. The van der Waals surface area contributed by atoms with Gasteiger partial charge in [-0.05, 0) is 24.5 Å². The van der Waals surface area contributed by atoms with Gasteiger partial charge in [0.25, 0.3) is 0 Å². The van der Waals surface area contributed by atoms with Gasteiger partial charge in [-0.25, -0.2) is 9.98 Å². The molecule has 0 amide bonds. The lowest BCUT2D eigenvalue weighted by molar-refractivity contribution is 0.443. The minimum absolute atomic E-state index is 0.498. The zero-order chi connectivity index (χ0) is 18.6. The molecule has 0 aliphatic heterocycles. The topological polar surface area (TPSA) is 80.3 Å². The van der Waals surface area contributed by atoms with E-state index in [-0.39, 0.29) is 0 Å². The van der Waals surface area contributed by atoms with Crippen molar-refractivity contribution < 1.29 is 4.42 Å². The standard InChI is InChI=1S/C19H32N6O/c1-4-6-8-16(5-2)13-21-19(20-11-10-17-9-7-12-26-17)22-14-18-23-15-24-25(18)3/h7,9,12,15-16H,4-6,8,10-11,13-14H2,1-3H3,(H2,20,21,22). The molecule has 1 atom stereocenters. The molecule has 1 unspecified atom stereocenters. The minimum Gasteiger partial charge on any atom is -0.469 e. The number of furan rings is 1. The summed E-state index contributed by atoms with van der Waals surface area (Å²) in [6, 6.07) is 3.90. The Morgan fingerprint density at radius 3 is 2.88 bits per heavy atom. The largest absolute Gasteiger partial charge is 0.469 e. The van der Waals surface area contributed by atoms with E-state index in [1.54, 1.807) is 17.3 Å². The minimum atomic E-state index is 0.498. The molecule has 0 aliphatic rings. The molecule has 144 valence electrons. The number of hydrogen-bond acceptors (Lipinski definition) is 4. The normalized spacial score (nSPS) is 13.0. The maximum atomic E-state index is 5.39. The van der Waals surface area contributed by atoms with Crippen molar-refractivity contribution in [3.05, 3.63) is 36.3 Å². The molecule has 0 radical (unpaired) electrons. The van der Waals surface area contributed by atoms with Crippen LogP contribution in [0.25, 0.3) is 0 Å². The first kappa shape index (κ1) is 20.0. The van der Waals surface area contributed by atoms with Gasteiger partial charge < -0.3 is 15.1 Å². The van der Waals surface area contributed by atoms with Gasteiger partial charge in [-0.2, -0.15) is 5.10 Å². The lowest BCUT2D eigenvalue weighted by atomic mass is 9.99. The lowest BCUT2D eigenvalue weighted by Gasteiger charge is -2.18. The zero-order valence-electron chi connectivity index (χ0n) is 16.2. The fourth-order valence-corrected chi connectivity index (χ4v) is 2.73. The third-order valence-corrected chi connectivity index (χ3v) is 4.53. The molecule has 2 heterocycles. The molecule has 0 saturated carbocycles. The van der Waals surface area contributed by atoms with Crippen LogP contribution >= 0.6 is 0 Å². The Morgan fingerprint density at radius 1 is 1.35 bits per heavy atom. The summed E-state index contributed by atoms with van der Waals surface area (Å²) < 4.78 is 7.14. The number of rotatable bonds is 11. The van der Waals surface area contributed by atoms with Gasteiger partial charge in [0.2, 0.25) is 0 Å². The summed E-state index contributed by atoms with van der Waals surface area (Å²) in [6.07, 6.45) is 9.03. The van der Waals surface area contributed by atoms with Crippen molar-refractivity contribution in [2.45, 2.75) is 52.5 Å². The number of guanidine groups is 1. The molecule has 0 aromatic carbocycles. The average Bonchev–Trinajstić information content (AvgIpc) is 3.31. The van der Waals surface area contributed by atoms with Crippen molar-refractivity contribution in [1.82, 2.24) is 25.4 Å². The maximum Gasteiger partial charge on any atom is 0.191 e. The van der Waals surface area contributed by atoms with Gasteiger partial charge in [0, 0.05) is 26.6 Å². The van der Waals surface area contributed by atoms with E-state index in [2.05, 4.69) is 39.6 Å². The van der Waals surface area contributed by atoms with Gasteiger partial charge in [0.15, 0.2) is 5.96 Å². The Kier molecular flexibility index (Phi) is 8.72. The number of nitrogens with zero attached hydrogens (tertiary/aromatic N) is 4. The summed E-state index contributed by atoms with van der Waals surface area (Å²) in [4.78, 5) is 8.91. The van der Waals surface area contributed by atoms with E-state index in [4.69, 9.17) is 4.42 Å². The molecule has 0 spiro atoms. The SMILES string of the molecule is CCCCC(CC)CNC(=NCc1ncnn1C)NCCc1ccco1. The molecular weight excluding hydrogens is 328 g/mol. The molecule has 7 nitrogen and oxygen atoms in total. The van der Waals surface area contributed by atoms with Crippen LogP contribution in [0.2, 0.25) is 0 Å². The second-order valence-electron chi connectivity index (χ2n) is 6.52. The second kappa shape index (κ2) is 11.3. The van der Waals surface area contributed by atoms with Crippen LogP contribution in [0.3, 0.4) is 0 Å². The Bertz CT molecular complexity index is 634. The van der Waals surface area contributed by atoms with Crippen LogP contribution < -0.4 is 10.6 Å². The Balaban J connectivity index is 1.89. The van der Waals surface area contributed by atoms with Crippen LogP contribution in [0.1, 0.15) is 51.1 Å². The summed E-state index contributed by atoms with van der Waals surface area (Å²) in [6.45, 7) is 6.69. The molecule has 26 heavy (non-hydrogen) atoms. The Morgan fingerprint density at radius 2 is 2.23 bits per heavy atom. The molecule has 2 aromatic heterocycles. The summed E-state index contributed by atoms with van der Waals surface area (Å²) in [7, 11) is 1.88. The van der Waals surface area contributed by atoms with Gasteiger partial charge in [0.1, 0.15) is 24.5 Å². The third-order valence-electron chi connectivity index (χ3n) is 4.53. The van der Waals surface area contributed by atoms with Gasteiger partial charge in [0.05, 0.1) is 6.26 Å². The van der Waals surface area contributed by atoms with Crippen molar-refractivity contribution in [2.24, 2.45) is 18.0 Å². The number of aromatic nitrogens is 3. The van der Waals surface area contributed by atoms with Crippen LogP contribution in [0.5, 0.6) is 0 Å². The predicted molar refractivity (Wildman–Crippen MR) is 104 cm³/mol. The van der Waals surface area contributed by atoms with E-state index in [0.717, 1.165) is 37.1 Å². The van der Waals surface area contributed by atoms with Crippen LogP contribution in [-0.4, -0.2) is 33.8 Å². The highest BCUT2D eigenvalue weighted by Gasteiger charge is 2.08. The van der Waals surface area contributed by atoms with Crippen molar-refractivity contribution in [2.75, 3.05) is 13.1 Å². The molecule has 0 saturated heterocycles. The molecule has 0 bridgehead atoms. The van der Waals surface area contributed by atoms with E-state index < -0.39 is 0 Å². The van der Waals surface area contributed by atoms with E-state index in [1.807, 2.05) is 19.2 Å². The number of unbranched alkanes of at least 4 members (excludes halogenated alkanes) is 1. The van der Waals surface area contributed by atoms with E-state index >= 15 is 0 Å². The molecule has 2 rings (SSSR count). The van der Waals surface area contributed by atoms with E-state index in [0.29, 0.717) is 12.5 Å². The third kappa shape index (κ3) is 6.90. The highest BCUT2D eigenvalue weighted by atomic mass is 16.3. The highest BCUT2D eigenvalue weighted by molar-refractivity contribution is 5.79. The molecule has 7 heteroatoms. The number of hydrogen-bond donors (Lipinski definition) is 2. The highest BCUT2D eigenvalue weighted by Crippen LogP contribution is 2.11. The Hall–Kier alpha value is -2.31. The van der Waals surface area contributed by atoms with Crippen LogP contribution in [0.15, 0.2) is 34.1 Å². The van der Waals surface area contributed by atoms with E-state index in [9.17, 15) is 0 Å². The van der Waals surface area contributed by atoms with Gasteiger partial charge in [-0.15, -0.1) is 0 Å². The lowest BCUT2D eigenvalue weighted by Crippen LogP contribution is -2.40. The van der Waals surface area contributed by atoms with Crippen LogP contribution in [0, 0.1) is 5.92 Å². The smallest absolute Gasteiger partial charge is 0.191 e. The molecule has 2 N–H and O–H groups in total. The molecule has 2 aromatic rings. The Labute approximate surface area is 156 Å². The van der Waals surface area contributed by atoms with Crippen LogP contribution in [-0.2, 0) is 20.0 Å². The van der Waals surface area contributed by atoms with Gasteiger partial charge in [-0.1, -0.05) is 33.1 Å². The first-order valence-electron chi connectivity index (χ1n) is 9.60. The summed E-state index contributed by atoms with van der Waals surface area (Å²) in [5, 5.41) is 11.0. The maximum absolute atomic E-state index is 5.39. The molecule has 0 fully saturated rings. The van der Waals surface area contributed by atoms with Crippen molar-refractivity contribution in [1.29, 1.82) is 0 Å². The van der Waals surface area contributed by atoms with Crippen molar-refractivity contribution >= 4 is 5.96 Å². The summed E-state index contributed by atoms with van der Waals surface area (Å²) in [5.74, 6) is 3.30. The first-order valence-corrected chi connectivity index (χ1v) is 9.60. The van der Waals surface area contributed by atoms with Gasteiger partial charge in [-0.3, -0.25) is 4.68 Å². The summed E-state index contributed by atoms with van der Waals surface area (Å²) >= 11 is 0. The average molecular weight is 361 g/mol. The fourth-order valence-electron chi connectivity index (χ4n) is 2.73. The zero-order valence-corrected chi connectivity index (χ0v) is 16.2.